The van der Waals surface area contributed by atoms with Crippen LogP contribution >= 0.6 is 11.3 Å². The third kappa shape index (κ3) is 4.06. The molecule has 1 aliphatic heterocycles. The van der Waals surface area contributed by atoms with E-state index in [2.05, 4.69) is 72.5 Å². The highest BCUT2D eigenvalue weighted by Gasteiger charge is 2.28. The third-order valence-electron chi connectivity index (χ3n) is 6.39. The molecule has 0 bridgehead atoms. The second-order valence-corrected chi connectivity index (χ2v) is 9.52. The summed E-state index contributed by atoms with van der Waals surface area (Å²) in [4.78, 5) is 18.7. The Morgan fingerprint density at radius 1 is 1.06 bits per heavy atom. The van der Waals surface area contributed by atoms with Crippen LogP contribution in [0.3, 0.4) is 0 Å². The van der Waals surface area contributed by atoms with Gasteiger partial charge in [-0.05, 0) is 60.7 Å². The Morgan fingerprint density at radius 3 is 2.69 bits per heavy atom. The number of benzene rings is 3. The molecule has 1 fully saturated rings. The minimum Gasteiger partial charge on any atom is -0.480 e. The number of aromatic nitrogens is 1. The fraction of sp³-hybridized carbons (Fsp3) is 0.259. The van der Waals surface area contributed by atoms with Crippen molar-refractivity contribution in [2.75, 3.05) is 6.54 Å². The van der Waals surface area contributed by atoms with Gasteiger partial charge in [-0.3, -0.25) is 9.69 Å². The van der Waals surface area contributed by atoms with Crippen molar-refractivity contribution in [1.82, 2.24) is 9.88 Å². The SMILES string of the molecule is Cc1c(-c2ccccc2)cccc1-c1nc2cc(CN3CCCC[C@H]3C(=O)O)ccc2s1. The molecule has 0 saturated carbocycles. The van der Waals surface area contributed by atoms with Gasteiger partial charge in [0.15, 0.2) is 0 Å². The smallest absolute Gasteiger partial charge is 0.320 e. The molecule has 32 heavy (non-hydrogen) atoms. The van der Waals surface area contributed by atoms with E-state index < -0.39 is 5.97 Å². The lowest BCUT2D eigenvalue weighted by molar-refractivity contribution is -0.144. The number of likely N-dealkylation sites (tertiary alicyclic amines) is 1. The number of fused-ring (bicyclic) bond motifs is 1. The lowest BCUT2D eigenvalue weighted by Gasteiger charge is -2.32. The van der Waals surface area contributed by atoms with Crippen molar-refractivity contribution in [2.45, 2.75) is 38.8 Å². The van der Waals surface area contributed by atoms with Crippen molar-refractivity contribution in [3.63, 3.8) is 0 Å². The molecule has 1 aromatic heterocycles. The van der Waals surface area contributed by atoms with E-state index in [1.165, 1.54) is 16.7 Å². The average Bonchev–Trinajstić information content (AvgIpc) is 3.23. The van der Waals surface area contributed by atoms with Crippen LogP contribution in [0.5, 0.6) is 0 Å². The quantitative estimate of drug-likeness (QED) is 0.390. The summed E-state index contributed by atoms with van der Waals surface area (Å²) in [6, 6.07) is 22.9. The van der Waals surface area contributed by atoms with E-state index in [0.717, 1.165) is 52.2 Å². The van der Waals surface area contributed by atoms with Gasteiger partial charge < -0.3 is 5.11 Å². The molecule has 0 radical (unpaired) electrons. The van der Waals surface area contributed by atoms with Gasteiger partial charge in [-0.25, -0.2) is 4.98 Å². The number of aliphatic carboxylic acids is 1. The Hall–Kier alpha value is -3.02. The molecule has 5 rings (SSSR count). The molecule has 0 spiro atoms. The average molecular weight is 443 g/mol. The van der Waals surface area contributed by atoms with Crippen LogP contribution in [0, 0.1) is 6.92 Å². The molecule has 1 aliphatic rings. The predicted molar refractivity (Wildman–Crippen MR) is 131 cm³/mol. The molecule has 4 nitrogen and oxygen atoms in total. The summed E-state index contributed by atoms with van der Waals surface area (Å²) in [5.74, 6) is -0.713. The van der Waals surface area contributed by atoms with E-state index in [9.17, 15) is 9.90 Å². The molecule has 1 atom stereocenters. The summed E-state index contributed by atoms with van der Waals surface area (Å²) < 4.78 is 1.15. The number of piperidine rings is 1. The molecule has 0 amide bonds. The fourth-order valence-electron chi connectivity index (χ4n) is 4.68. The van der Waals surface area contributed by atoms with Crippen molar-refractivity contribution >= 4 is 27.5 Å². The zero-order valence-corrected chi connectivity index (χ0v) is 18.9. The van der Waals surface area contributed by atoms with E-state index in [1.807, 2.05) is 6.07 Å². The first kappa shape index (κ1) is 20.9. The molecule has 2 heterocycles. The highest BCUT2D eigenvalue weighted by Crippen LogP contribution is 2.36. The first-order valence-electron chi connectivity index (χ1n) is 11.1. The highest BCUT2D eigenvalue weighted by molar-refractivity contribution is 7.21. The standard InChI is InChI=1S/C27H26N2O2S/c1-18-21(20-8-3-2-4-9-20)10-7-11-22(18)26-28-23-16-19(13-14-25(23)32-26)17-29-15-6-5-12-24(29)27(30)31/h2-4,7-11,13-14,16,24H,5-6,12,15,17H2,1H3,(H,30,31)/t24-/m0/s1. The summed E-state index contributed by atoms with van der Waals surface area (Å²) in [7, 11) is 0. The van der Waals surface area contributed by atoms with Gasteiger partial charge >= 0.3 is 5.97 Å². The van der Waals surface area contributed by atoms with Crippen molar-refractivity contribution in [3.05, 3.63) is 77.9 Å². The fourth-order valence-corrected chi connectivity index (χ4v) is 5.71. The Morgan fingerprint density at radius 2 is 1.88 bits per heavy atom. The van der Waals surface area contributed by atoms with Gasteiger partial charge in [0.25, 0.3) is 0 Å². The lowest BCUT2D eigenvalue weighted by Crippen LogP contribution is -2.43. The van der Waals surface area contributed by atoms with Gasteiger partial charge in [0.2, 0.25) is 0 Å². The van der Waals surface area contributed by atoms with Crippen LogP contribution in [0.4, 0.5) is 0 Å². The van der Waals surface area contributed by atoms with Gasteiger partial charge in [-0.15, -0.1) is 11.3 Å². The molecular formula is C27H26N2O2S. The van der Waals surface area contributed by atoms with Gasteiger partial charge in [0.05, 0.1) is 10.2 Å². The number of carboxylic acid groups (broad SMARTS) is 1. The Labute approximate surface area is 192 Å². The monoisotopic (exact) mass is 442 g/mol. The Balaban J connectivity index is 1.46. The van der Waals surface area contributed by atoms with Crippen molar-refractivity contribution in [3.8, 4) is 21.7 Å². The van der Waals surface area contributed by atoms with Gasteiger partial charge in [0.1, 0.15) is 11.0 Å². The second kappa shape index (κ2) is 8.85. The van der Waals surface area contributed by atoms with Crippen LogP contribution in [0.2, 0.25) is 0 Å². The Kier molecular flexibility index (Phi) is 5.77. The number of carboxylic acids is 1. The molecule has 5 heteroatoms. The number of nitrogens with zero attached hydrogens (tertiary/aromatic N) is 2. The zero-order chi connectivity index (χ0) is 22.1. The molecule has 1 N–H and O–H groups in total. The third-order valence-corrected chi connectivity index (χ3v) is 7.46. The molecule has 0 aliphatic carbocycles. The first-order chi connectivity index (χ1) is 15.6. The van der Waals surface area contributed by atoms with Crippen LogP contribution in [0.15, 0.2) is 66.7 Å². The van der Waals surface area contributed by atoms with Crippen LogP contribution in [-0.4, -0.2) is 33.5 Å². The normalized spacial score (nSPS) is 17.0. The minimum atomic E-state index is -0.713. The van der Waals surface area contributed by atoms with E-state index in [1.54, 1.807) is 11.3 Å². The lowest BCUT2D eigenvalue weighted by atomic mass is 9.97. The number of thiazole rings is 1. The Bertz CT molecular complexity index is 1270. The first-order valence-corrected chi connectivity index (χ1v) is 11.9. The van der Waals surface area contributed by atoms with E-state index >= 15 is 0 Å². The zero-order valence-electron chi connectivity index (χ0n) is 18.1. The number of hydrogen-bond donors (Lipinski definition) is 1. The molecule has 3 aromatic carbocycles. The molecule has 162 valence electrons. The molecule has 4 aromatic rings. The largest absolute Gasteiger partial charge is 0.480 e. The summed E-state index contributed by atoms with van der Waals surface area (Å²) >= 11 is 1.71. The maximum absolute atomic E-state index is 11.6. The van der Waals surface area contributed by atoms with Crippen LogP contribution < -0.4 is 0 Å². The molecule has 1 saturated heterocycles. The van der Waals surface area contributed by atoms with Crippen molar-refractivity contribution in [1.29, 1.82) is 0 Å². The van der Waals surface area contributed by atoms with Gasteiger partial charge in [-0.1, -0.05) is 61.0 Å². The topological polar surface area (TPSA) is 53.4 Å². The number of rotatable bonds is 5. The highest BCUT2D eigenvalue weighted by atomic mass is 32.1. The van der Waals surface area contributed by atoms with E-state index in [0.29, 0.717) is 6.54 Å². The summed E-state index contributed by atoms with van der Waals surface area (Å²) in [5.41, 5.74) is 6.94. The maximum Gasteiger partial charge on any atom is 0.320 e. The van der Waals surface area contributed by atoms with Crippen molar-refractivity contribution < 1.29 is 9.90 Å². The molecule has 0 unspecified atom stereocenters. The van der Waals surface area contributed by atoms with Crippen LogP contribution in [0.25, 0.3) is 31.9 Å². The molecular weight excluding hydrogens is 416 g/mol. The van der Waals surface area contributed by atoms with Gasteiger partial charge in [0, 0.05) is 12.1 Å². The summed E-state index contributed by atoms with van der Waals surface area (Å²) in [6.45, 7) is 3.66. The van der Waals surface area contributed by atoms with Gasteiger partial charge in [-0.2, -0.15) is 0 Å². The van der Waals surface area contributed by atoms with E-state index in [-0.39, 0.29) is 6.04 Å². The van der Waals surface area contributed by atoms with Crippen LogP contribution in [0.1, 0.15) is 30.4 Å². The minimum absolute atomic E-state index is 0.381. The second-order valence-electron chi connectivity index (χ2n) is 8.49. The predicted octanol–water partition coefficient (Wildman–Crippen LogP) is 6.38. The van der Waals surface area contributed by atoms with Crippen LogP contribution in [-0.2, 0) is 11.3 Å². The number of hydrogen-bond acceptors (Lipinski definition) is 4. The number of carbonyl (C=O) groups is 1. The van der Waals surface area contributed by atoms with Crippen molar-refractivity contribution in [2.24, 2.45) is 0 Å². The summed E-state index contributed by atoms with van der Waals surface area (Å²) in [5, 5.41) is 10.6. The van der Waals surface area contributed by atoms with E-state index in [4.69, 9.17) is 4.98 Å². The maximum atomic E-state index is 11.6. The summed E-state index contributed by atoms with van der Waals surface area (Å²) in [6.07, 6.45) is 2.78.